The normalized spacial score (nSPS) is 33.5. The monoisotopic (exact) mass is 176 g/mol. The lowest BCUT2D eigenvalue weighted by Crippen LogP contribution is -2.10. The Balaban J connectivity index is 2.39. The standard InChI is InChI=1S/C12H16O/c1-8-5-3-4-6-10-9(2)12(13)7-11(8)10/h4,6,8,11H,3,5,7H2,1-2H3/t8-,11-/m0/s1. The molecular weight excluding hydrogens is 160 g/mol. The molecule has 0 spiro atoms. The third-order valence-corrected chi connectivity index (χ3v) is 3.43. The molecule has 70 valence electrons. The molecule has 0 unspecified atom stereocenters. The van der Waals surface area contributed by atoms with Gasteiger partial charge in [0.1, 0.15) is 0 Å². The maximum Gasteiger partial charge on any atom is 0.159 e. The van der Waals surface area contributed by atoms with Gasteiger partial charge in [0, 0.05) is 6.42 Å². The predicted molar refractivity (Wildman–Crippen MR) is 53.4 cm³/mol. The molecular formula is C12H16O. The van der Waals surface area contributed by atoms with Crippen LogP contribution in [0.4, 0.5) is 0 Å². The van der Waals surface area contributed by atoms with E-state index in [0.29, 0.717) is 17.6 Å². The molecule has 0 aromatic heterocycles. The molecule has 0 fully saturated rings. The first-order valence-electron chi connectivity index (χ1n) is 5.10. The molecule has 2 aliphatic rings. The van der Waals surface area contributed by atoms with E-state index in [2.05, 4.69) is 19.1 Å². The van der Waals surface area contributed by atoms with Gasteiger partial charge in [-0.15, -0.1) is 0 Å². The quantitative estimate of drug-likeness (QED) is 0.554. The van der Waals surface area contributed by atoms with Crippen LogP contribution in [0.25, 0.3) is 0 Å². The fourth-order valence-corrected chi connectivity index (χ4v) is 2.43. The SMILES string of the molecule is CC1=C2C=CCC[C@H](C)[C@@H]2CC1=O. The number of allylic oxidation sites excluding steroid dienone is 4. The predicted octanol–water partition coefficient (Wildman–Crippen LogP) is 2.88. The summed E-state index contributed by atoms with van der Waals surface area (Å²) in [6.45, 7) is 4.24. The Labute approximate surface area is 79.5 Å². The average Bonchev–Trinajstić information content (AvgIpc) is 2.30. The van der Waals surface area contributed by atoms with E-state index in [1.165, 1.54) is 18.4 Å². The van der Waals surface area contributed by atoms with Crippen molar-refractivity contribution in [1.82, 2.24) is 0 Å². The first-order valence-corrected chi connectivity index (χ1v) is 5.10. The lowest BCUT2D eigenvalue weighted by atomic mass is 9.87. The average molecular weight is 176 g/mol. The first kappa shape index (κ1) is 8.74. The molecule has 0 radical (unpaired) electrons. The summed E-state index contributed by atoms with van der Waals surface area (Å²) < 4.78 is 0. The van der Waals surface area contributed by atoms with Crippen molar-refractivity contribution in [2.45, 2.75) is 33.1 Å². The van der Waals surface area contributed by atoms with E-state index in [0.717, 1.165) is 12.0 Å². The largest absolute Gasteiger partial charge is 0.295 e. The zero-order valence-corrected chi connectivity index (χ0v) is 8.34. The molecule has 1 heteroatoms. The number of hydrogen-bond acceptors (Lipinski definition) is 1. The van der Waals surface area contributed by atoms with Crippen molar-refractivity contribution in [3.8, 4) is 0 Å². The molecule has 0 heterocycles. The third-order valence-electron chi connectivity index (χ3n) is 3.43. The number of carbonyl (C=O) groups is 1. The van der Waals surface area contributed by atoms with Gasteiger partial charge in [-0.3, -0.25) is 4.79 Å². The van der Waals surface area contributed by atoms with E-state index in [4.69, 9.17) is 0 Å². The smallest absolute Gasteiger partial charge is 0.159 e. The van der Waals surface area contributed by atoms with E-state index < -0.39 is 0 Å². The van der Waals surface area contributed by atoms with Gasteiger partial charge in [-0.25, -0.2) is 0 Å². The molecule has 2 rings (SSSR count). The highest BCUT2D eigenvalue weighted by Crippen LogP contribution is 2.39. The second-order valence-corrected chi connectivity index (χ2v) is 4.27. The van der Waals surface area contributed by atoms with Crippen LogP contribution < -0.4 is 0 Å². The Kier molecular flexibility index (Phi) is 2.10. The van der Waals surface area contributed by atoms with Crippen LogP contribution in [0.2, 0.25) is 0 Å². The molecule has 1 nitrogen and oxygen atoms in total. The van der Waals surface area contributed by atoms with Gasteiger partial charge in [-0.05, 0) is 42.7 Å². The molecule has 0 amide bonds. The summed E-state index contributed by atoms with van der Waals surface area (Å²) in [7, 11) is 0. The van der Waals surface area contributed by atoms with Gasteiger partial charge >= 0.3 is 0 Å². The van der Waals surface area contributed by atoms with Crippen LogP contribution in [0.15, 0.2) is 23.3 Å². The van der Waals surface area contributed by atoms with Crippen molar-refractivity contribution in [2.24, 2.45) is 11.8 Å². The lowest BCUT2D eigenvalue weighted by Gasteiger charge is -2.17. The maximum atomic E-state index is 11.5. The number of carbonyl (C=O) groups excluding carboxylic acids is 1. The molecule has 0 N–H and O–H groups in total. The lowest BCUT2D eigenvalue weighted by molar-refractivity contribution is -0.115. The van der Waals surface area contributed by atoms with Crippen LogP contribution in [-0.2, 0) is 4.79 Å². The number of Topliss-reactive ketones (excluding diaryl/α,β-unsaturated/α-hetero) is 1. The Bertz CT molecular complexity index is 296. The second-order valence-electron chi connectivity index (χ2n) is 4.27. The summed E-state index contributed by atoms with van der Waals surface area (Å²) in [5.41, 5.74) is 2.32. The van der Waals surface area contributed by atoms with Crippen molar-refractivity contribution in [3.05, 3.63) is 23.3 Å². The minimum Gasteiger partial charge on any atom is -0.295 e. The second kappa shape index (κ2) is 3.13. The summed E-state index contributed by atoms with van der Waals surface area (Å²) in [6.07, 6.45) is 7.54. The van der Waals surface area contributed by atoms with Crippen LogP contribution in [0.3, 0.4) is 0 Å². The van der Waals surface area contributed by atoms with Crippen molar-refractivity contribution in [3.63, 3.8) is 0 Å². The zero-order valence-electron chi connectivity index (χ0n) is 8.34. The van der Waals surface area contributed by atoms with Crippen LogP contribution >= 0.6 is 0 Å². The fraction of sp³-hybridized carbons (Fsp3) is 0.583. The maximum absolute atomic E-state index is 11.5. The summed E-state index contributed by atoms with van der Waals surface area (Å²) >= 11 is 0. The molecule has 2 aliphatic carbocycles. The molecule has 13 heavy (non-hydrogen) atoms. The number of hydrogen-bond donors (Lipinski definition) is 0. The molecule has 0 aromatic carbocycles. The molecule has 2 atom stereocenters. The Morgan fingerprint density at radius 2 is 2.23 bits per heavy atom. The number of rotatable bonds is 0. The summed E-state index contributed by atoms with van der Waals surface area (Å²) in [5.74, 6) is 1.55. The first-order chi connectivity index (χ1) is 6.20. The molecule has 0 aliphatic heterocycles. The van der Waals surface area contributed by atoms with Gasteiger partial charge in [-0.2, -0.15) is 0 Å². The Hall–Kier alpha value is -0.850. The highest BCUT2D eigenvalue weighted by Gasteiger charge is 2.32. The van der Waals surface area contributed by atoms with Gasteiger partial charge in [0.2, 0.25) is 0 Å². The zero-order chi connectivity index (χ0) is 9.42. The van der Waals surface area contributed by atoms with Crippen LogP contribution in [0, 0.1) is 11.8 Å². The third kappa shape index (κ3) is 1.37. The molecule has 0 bridgehead atoms. The summed E-state index contributed by atoms with van der Waals surface area (Å²) in [6, 6.07) is 0. The van der Waals surface area contributed by atoms with E-state index in [1.807, 2.05) is 6.92 Å². The molecule has 0 saturated heterocycles. The van der Waals surface area contributed by atoms with E-state index in [-0.39, 0.29) is 0 Å². The van der Waals surface area contributed by atoms with Gasteiger partial charge in [0.05, 0.1) is 0 Å². The minimum absolute atomic E-state index is 0.360. The van der Waals surface area contributed by atoms with Crippen molar-refractivity contribution in [1.29, 1.82) is 0 Å². The molecule has 0 aromatic rings. The summed E-state index contributed by atoms with van der Waals surface area (Å²) in [5, 5.41) is 0. The van der Waals surface area contributed by atoms with E-state index in [1.54, 1.807) is 0 Å². The number of fused-ring (bicyclic) bond motifs is 1. The van der Waals surface area contributed by atoms with Crippen LogP contribution in [0.5, 0.6) is 0 Å². The fourth-order valence-electron chi connectivity index (χ4n) is 2.43. The van der Waals surface area contributed by atoms with Crippen LogP contribution in [-0.4, -0.2) is 5.78 Å². The van der Waals surface area contributed by atoms with Crippen molar-refractivity contribution in [2.75, 3.05) is 0 Å². The van der Waals surface area contributed by atoms with Gasteiger partial charge in [0.15, 0.2) is 5.78 Å². The van der Waals surface area contributed by atoms with Crippen molar-refractivity contribution >= 4 is 5.78 Å². The Morgan fingerprint density at radius 3 is 3.00 bits per heavy atom. The topological polar surface area (TPSA) is 17.1 Å². The van der Waals surface area contributed by atoms with Gasteiger partial charge < -0.3 is 0 Å². The van der Waals surface area contributed by atoms with Crippen LogP contribution in [0.1, 0.15) is 33.1 Å². The highest BCUT2D eigenvalue weighted by molar-refractivity contribution is 5.99. The minimum atomic E-state index is 0.360. The van der Waals surface area contributed by atoms with Gasteiger partial charge in [0.25, 0.3) is 0 Å². The Morgan fingerprint density at radius 1 is 1.46 bits per heavy atom. The van der Waals surface area contributed by atoms with Gasteiger partial charge in [-0.1, -0.05) is 19.1 Å². The number of ketones is 1. The van der Waals surface area contributed by atoms with E-state index >= 15 is 0 Å². The van der Waals surface area contributed by atoms with Crippen molar-refractivity contribution < 1.29 is 4.79 Å². The highest BCUT2D eigenvalue weighted by atomic mass is 16.1. The summed E-state index contributed by atoms with van der Waals surface area (Å²) in [4.78, 5) is 11.5. The molecule has 0 saturated carbocycles. The van der Waals surface area contributed by atoms with E-state index in [9.17, 15) is 4.79 Å².